The topological polar surface area (TPSA) is 49.8 Å². The molecule has 0 saturated carbocycles. The Morgan fingerprint density at radius 1 is 1.58 bits per heavy atom. The Morgan fingerprint density at radius 3 is 2.75 bits per heavy atom. The van der Waals surface area contributed by atoms with Gasteiger partial charge in [-0.3, -0.25) is 0 Å². The van der Waals surface area contributed by atoms with Gasteiger partial charge in [0.25, 0.3) is 0 Å². The molecule has 1 aromatic carbocycles. The highest BCUT2D eigenvalue weighted by molar-refractivity contribution is 9.10. The zero-order valence-electron chi connectivity index (χ0n) is 6.71. The van der Waals surface area contributed by atoms with Gasteiger partial charge in [-0.05, 0) is 24.1 Å². The molecule has 0 radical (unpaired) electrons. The van der Waals surface area contributed by atoms with E-state index in [9.17, 15) is 0 Å². The smallest absolute Gasteiger partial charge is 0.118 e. The van der Waals surface area contributed by atoms with Gasteiger partial charge in [0.1, 0.15) is 6.04 Å². The Kier molecular flexibility index (Phi) is 2.85. The van der Waals surface area contributed by atoms with Gasteiger partial charge in [-0.2, -0.15) is 5.26 Å². The Labute approximate surface area is 80.1 Å². The van der Waals surface area contributed by atoms with Crippen molar-refractivity contribution < 1.29 is 0 Å². The minimum atomic E-state index is -0.526. The van der Waals surface area contributed by atoms with Crippen molar-refractivity contribution >= 4 is 15.9 Å². The van der Waals surface area contributed by atoms with E-state index < -0.39 is 6.04 Å². The minimum absolute atomic E-state index is 0.526. The maximum atomic E-state index is 8.56. The highest BCUT2D eigenvalue weighted by Gasteiger charge is 2.04. The summed E-state index contributed by atoms with van der Waals surface area (Å²) in [4.78, 5) is 0. The van der Waals surface area contributed by atoms with Crippen molar-refractivity contribution in [2.24, 2.45) is 5.73 Å². The van der Waals surface area contributed by atoms with Crippen molar-refractivity contribution in [3.8, 4) is 6.07 Å². The van der Waals surface area contributed by atoms with Crippen LogP contribution in [-0.2, 0) is 0 Å². The van der Waals surface area contributed by atoms with Gasteiger partial charge < -0.3 is 5.73 Å². The molecule has 0 bridgehead atoms. The van der Waals surface area contributed by atoms with Crippen LogP contribution in [0.1, 0.15) is 17.2 Å². The Bertz CT molecular complexity index is 328. The fourth-order valence-electron chi connectivity index (χ4n) is 0.877. The molecule has 1 atom stereocenters. The van der Waals surface area contributed by atoms with Crippen molar-refractivity contribution in [3.63, 3.8) is 0 Å². The number of aryl methyl sites for hydroxylation is 1. The molecular weight excluding hydrogens is 216 g/mol. The fourth-order valence-corrected chi connectivity index (χ4v) is 1.27. The molecule has 1 aromatic rings. The highest BCUT2D eigenvalue weighted by Crippen LogP contribution is 2.20. The van der Waals surface area contributed by atoms with Gasteiger partial charge in [0.2, 0.25) is 0 Å². The molecule has 0 amide bonds. The molecule has 1 rings (SSSR count). The number of rotatable bonds is 1. The van der Waals surface area contributed by atoms with Crippen LogP contribution >= 0.6 is 15.9 Å². The van der Waals surface area contributed by atoms with Crippen LogP contribution in [0.2, 0.25) is 0 Å². The first-order valence-corrected chi connectivity index (χ1v) is 4.35. The number of nitriles is 1. The average molecular weight is 225 g/mol. The van der Waals surface area contributed by atoms with Gasteiger partial charge in [-0.1, -0.05) is 28.1 Å². The summed E-state index contributed by atoms with van der Waals surface area (Å²) in [7, 11) is 0. The molecule has 0 aliphatic heterocycles. The second-order valence-electron chi connectivity index (χ2n) is 2.62. The summed E-state index contributed by atoms with van der Waals surface area (Å²) in [5.74, 6) is 0. The lowest BCUT2D eigenvalue weighted by Crippen LogP contribution is -2.06. The predicted molar refractivity (Wildman–Crippen MR) is 51.4 cm³/mol. The summed E-state index contributed by atoms with van der Waals surface area (Å²) in [5, 5.41) is 8.56. The van der Waals surface area contributed by atoms with E-state index in [1.54, 1.807) is 0 Å². The lowest BCUT2D eigenvalue weighted by molar-refractivity contribution is 0.924. The van der Waals surface area contributed by atoms with Crippen LogP contribution in [0.5, 0.6) is 0 Å². The van der Waals surface area contributed by atoms with Gasteiger partial charge in [-0.15, -0.1) is 0 Å². The molecule has 0 unspecified atom stereocenters. The zero-order valence-corrected chi connectivity index (χ0v) is 8.30. The molecule has 0 saturated heterocycles. The highest BCUT2D eigenvalue weighted by atomic mass is 79.9. The van der Waals surface area contributed by atoms with Gasteiger partial charge in [0, 0.05) is 4.47 Å². The molecule has 62 valence electrons. The molecule has 3 heteroatoms. The monoisotopic (exact) mass is 224 g/mol. The quantitative estimate of drug-likeness (QED) is 0.796. The lowest BCUT2D eigenvalue weighted by Gasteiger charge is -2.04. The van der Waals surface area contributed by atoms with E-state index in [0.29, 0.717) is 0 Å². The molecule has 2 nitrogen and oxygen atoms in total. The molecule has 12 heavy (non-hydrogen) atoms. The number of benzene rings is 1. The first-order chi connectivity index (χ1) is 5.65. The first-order valence-electron chi connectivity index (χ1n) is 3.56. The van der Waals surface area contributed by atoms with Crippen LogP contribution in [0.25, 0.3) is 0 Å². The summed E-state index contributed by atoms with van der Waals surface area (Å²) in [6.45, 7) is 1.99. The lowest BCUT2D eigenvalue weighted by atomic mass is 10.1. The normalized spacial score (nSPS) is 12.2. The summed E-state index contributed by atoms with van der Waals surface area (Å²) >= 11 is 3.38. The number of hydrogen-bond acceptors (Lipinski definition) is 2. The number of halogens is 1. The van der Waals surface area contributed by atoms with E-state index in [1.807, 2.05) is 31.2 Å². The Hall–Kier alpha value is -0.850. The van der Waals surface area contributed by atoms with E-state index in [2.05, 4.69) is 15.9 Å². The van der Waals surface area contributed by atoms with Crippen molar-refractivity contribution in [3.05, 3.63) is 33.8 Å². The maximum absolute atomic E-state index is 8.56. The second kappa shape index (κ2) is 3.70. The standard InChI is InChI=1S/C9H9BrN2/c1-6-2-3-7(4-8(6)10)9(12)5-11/h2-4,9H,12H2,1H3/t9-/m0/s1. The summed E-state index contributed by atoms with van der Waals surface area (Å²) in [6, 6.07) is 7.15. The van der Waals surface area contributed by atoms with Crippen LogP contribution in [0.4, 0.5) is 0 Å². The van der Waals surface area contributed by atoms with Gasteiger partial charge >= 0.3 is 0 Å². The van der Waals surface area contributed by atoms with E-state index in [1.165, 1.54) is 0 Å². The van der Waals surface area contributed by atoms with E-state index in [0.717, 1.165) is 15.6 Å². The number of nitrogens with zero attached hydrogens (tertiary/aromatic N) is 1. The maximum Gasteiger partial charge on any atom is 0.118 e. The van der Waals surface area contributed by atoms with E-state index in [4.69, 9.17) is 11.0 Å². The van der Waals surface area contributed by atoms with Crippen molar-refractivity contribution in [1.29, 1.82) is 5.26 Å². The van der Waals surface area contributed by atoms with Gasteiger partial charge in [0.15, 0.2) is 0 Å². The minimum Gasteiger partial charge on any atom is -0.312 e. The molecule has 0 fully saturated rings. The molecule has 0 aliphatic carbocycles. The summed E-state index contributed by atoms with van der Waals surface area (Å²) in [5.41, 5.74) is 7.52. The zero-order chi connectivity index (χ0) is 9.14. The first kappa shape index (κ1) is 9.24. The third kappa shape index (κ3) is 1.84. The molecule has 0 aliphatic rings. The van der Waals surface area contributed by atoms with Gasteiger partial charge in [0.05, 0.1) is 6.07 Å². The van der Waals surface area contributed by atoms with Crippen molar-refractivity contribution in [2.75, 3.05) is 0 Å². The van der Waals surface area contributed by atoms with E-state index >= 15 is 0 Å². The predicted octanol–water partition coefficient (Wildman–Crippen LogP) is 2.28. The second-order valence-corrected chi connectivity index (χ2v) is 3.47. The third-order valence-electron chi connectivity index (χ3n) is 1.69. The third-order valence-corrected chi connectivity index (χ3v) is 2.55. The molecule has 2 N–H and O–H groups in total. The number of nitrogens with two attached hydrogens (primary N) is 1. The Morgan fingerprint density at radius 2 is 2.25 bits per heavy atom. The molecular formula is C9H9BrN2. The van der Waals surface area contributed by atoms with Crippen LogP contribution < -0.4 is 5.73 Å². The van der Waals surface area contributed by atoms with Crippen LogP contribution in [0, 0.1) is 18.3 Å². The molecule has 0 spiro atoms. The summed E-state index contributed by atoms with van der Waals surface area (Å²) in [6.07, 6.45) is 0. The SMILES string of the molecule is Cc1ccc([C@@H](N)C#N)cc1Br. The van der Waals surface area contributed by atoms with E-state index in [-0.39, 0.29) is 0 Å². The molecule has 0 heterocycles. The van der Waals surface area contributed by atoms with Crippen LogP contribution in [0.3, 0.4) is 0 Å². The largest absolute Gasteiger partial charge is 0.312 e. The molecule has 0 aromatic heterocycles. The summed E-state index contributed by atoms with van der Waals surface area (Å²) < 4.78 is 0.991. The van der Waals surface area contributed by atoms with Crippen LogP contribution in [0.15, 0.2) is 22.7 Å². The number of hydrogen-bond donors (Lipinski definition) is 1. The average Bonchev–Trinajstić information content (AvgIpc) is 2.08. The van der Waals surface area contributed by atoms with Gasteiger partial charge in [-0.25, -0.2) is 0 Å². The fraction of sp³-hybridized carbons (Fsp3) is 0.222. The van der Waals surface area contributed by atoms with Crippen LogP contribution in [-0.4, -0.2) is 0 Å². The van der Waals surface area contributed by atoms with Crippen molar-refractivity contribution in [1.82, 2.24) is 0 Å². The van der Waals surface area contributed by atoms with Crippen molar-refractivity contribution in [2.45, 2.75) is 13.0 Å². The Balaban J connectivity index is 3.06.